The van der Waals surface area contributed by atoms with E-state index < -0.39 is 5.97 Å². The molecule has 0 aliphatic carbocycles. The number of benzene rings is 1. The van der Waals surface area contributed by atoms with Gasteiger partial charge in [0.2, 0.25) is 0 Å². The Bertz CT molecular complexity index is 473. The number of carboxylic acids is 1. The van der Waals surface area contributed by atoms with Crippen molar-refractivity contribution in [1.29, 1.82) is 0 Å². The van der Waals surface area contributed by atoms with Gasteiger partial charge in [-0.25, -0.2) is 4.79 Å². The third-order valence-corrected chi connectivity index (χ3v) is 3.78. The Morgan fingerprint density at radius 3 is 2.90 bits per heavy atom. The average molecular weight is 277 g/mol. The molecule has 0 spiro atoms. The maximum absolute atomic E-state index is 11.5. The Morgan fingerprint density at radius 1 is 1.45 bits per heavy atom. The van der Waals surface area contributed by atoms with Crippen LogP contribution in [0.25, 0.3) is 0 Å². The number of hydrogen-bond acceptors (Lipinski definition) is 3. The van der Waals surface area contributed by atoms with Crippen molar-refractivity contribution >= 4 is 11.7 Å². The largest absolute Gasteiger partial charge is 0.491 e. The molecule has 1 aromatic carbocycles. The lowest BCUT2D eigenvalue weighted by Gasteiger charge is -2.37. The summed E-state index contributed by atoms with van der Waals surface area (Å²) in [6, 6.07) is 5.65. The van der Waals surface area contributed by atoms with E-state index in [2.05, 4.69) is 11.8 Å². The first-order valence-corrected chi connectivity index (χ1v) is 7.41. The second-order valence-electron chi connectivity index (χ2n) is 5.34. The van der Waals surface area contributed by atoms with Crippen molar-refractivity contribution in [2.45, 2.75) is 45.6 Å². The quantitative estimate of drug-likeness (QED) is 0.894. The molecule has 0 radical (unpaired) electrons. The lowest BCUT2D eigenvalue weighted by Crippen LogP contribution is -2.38. The fourth-order valence-electron chi connectivity index (χ4n) is 2.75. The van der Waals surface area contributed by atoms with E-state index in [0.717, 1.165) is 31.5 Å². The molecule has 1 aromatic rings. The molecule has 1 heterocycles. The fraction of sp³-hybridized carbons (Fsp3) is 0.562. The SMILES string of the molecule is CCCOc1cccc(C(=O)O)c1N1CCCCC1C. The molecule has 1 saturated heterocycles. The van der Waals surface area contributed by atoms with Gasteiger partial charge in [-0.15, -0.1) is 0 Å². The van der Waals surface area contributed by atoms with Gasteiger partial charge in [-0.2, -0.15) is 0 Å². The van der Waals surface area contributed by atoms with E-state index in [1.54, 1.807) is 12.1 Å². The minimum absolute atomic E-state index is 0.340. The minimum Gasteiger partial charge on any atom is -0.491 e. The van der Waals surface area contributed by atoms with Gasteiger partial charge in [0, 0.05) is 12.6 Å². The molecular weight excluding hydrogens is 254 g/mol. The third kappa shape index (κ3) is 3.06. The molecule has 110 valence electrons. The summed E-state index contributed by atoms with van der Waals surface area (Å²) in [5.74, 6) is -0.194. The number of carbonyl (C=O) groups is 1. The van der Waals surface area contributed by atoms with Gasteiger partial charge in [0.25, 0.3) is 0 Å². The topological polar surface area (TPSA) is 49.8 Å². The molecule has 2 rings (SSSR count). The number of piperidine rings is 1. The van der Waals surface area contributed by atoms with Crippen LogP contribution in [0.2, 0.25) is 0 Å². The van der Waals surface area contributed by atoms with Crippen LogP contribution in [0.4, 0.5) is 5.69 Å². The van der Waals surface area contributed by atoms with E-state index in [4.69, 9.17) is 4.74 Å². The summed E-state index contributed by atoms with van der Waals surface area (Å²) in [7, 11) is 0. The van der Waals surface area contributed by atoms with Crippen molar-refractivity contribution in [3.63, 3.8) is 0 Å². The van der Waals surface area contributed by atoms with Crippen LogP contribution in [-0.2, 0) is 0 Å². The molecule has 0 amide bonds. The maximum Gasteiger partial charge on any atom is 0.337 e. The lowest BCUT2D eigenvalue weighted by atomic mass is 10.0. The average Bonchev–Trinajstić information content (AvgIpc) is 2.45. The number of rotatable bonds is 5. The van der Waals surface area contributed by atoms with Crippen molar-refractivity contribution in [2.24, 2.45) is 0 Å². The van der Waals surface area contributed by atoms with E-state index >= 15 is 0 Å². The Morgan fingerprint density at radius 2 is 2.25 bits per heavy atom. The molecule has 1 unspecified atom stereocenters. The van der Waals surface area contributed by atoms with Gasteiger partial charge in [0.15, 0.2) is 0 Å². The highest BCUT2D eigenvalue weighted by molar-refractivity contribution is 5.96. The van der Waals surface area contributed by atoms with Crippen LogP contribution in [0.1, 0.15) is 49.9 Å². The molecule has 20 heavy (non-hydrogen) atoms. The molecular formula is C16H23NO3. The van der Waals surface area contributed by atoms with Gasteiger partial charge < -0.3 is 14.7 Å². The highest BCUT2D eigenvalue weighted by atomic mass is 16.5. The Labute approximate surface area is 120 Å². The molecule has 0 bridgehead atoms. The van der Waals surface area contributed by atoms with Gasteiger partial charge in [-0.1, -0.05) is 13.0 Å². The summed E-state index contributed by atoms with van der Waals surface area (Å²) in [6.07, 6.45) is 4.32. The number of para-hydroxylation sites is 1. The molecule has 1 aliphatic heterocycles. The molecule has 0 aromatic heterocycles. The van der Waals surface area contributed by atoms with Gasteiger partial charge in [0.1, 0.15) is 5.75 Å². The van der Waals surface area contributed by atoms with Crippen LogP contribution < -0.4 is 9.64 Å². The van der Waals surface area contributed by atoms with Gasteiger partial charge in [-0.05, 0) is 44.7 Å². The number of hydrogen-bond donors (Lipinski definition) is 1. The summed E-state index contributed by atoms with van der Waals surface area (Å²) >= 11 is 0. The smallest absolute Gasteiger partial charge is 0.337 e. The zero-order valence-electron chi connectivity index (χ0n) is 12.3. The fourth-order valence-corrected chi connectivity index (χ4v) is 2.75. The summed E-state index contributed by atoms with van der Waals surface area (Å²) in [4.78, 5) is 13.7. The summed E-state index contributed by atoms with van der Waals surface area (Å²) < 4.78 is 5.77. The first-order valence-electron chi connectivity index (χ1n) is 7.41. The van der Waals surface area contributed by atoms with Crippen molar-refractivity contribution in [2.75, 3.05) is 18.1 Å². The Balaban J connectivity index is 2.42. The standard InChI is InChI=1S/C16H23NO3/c1-3-11-20-14-9-6-8-13(16(18)19)15(14)17-10-5-4-7-12(17)2/h6,8-9,12H,3-5,7,10-11H2,1-2H3,(H,18,19). The van der Waals surface area contributed by atoms with Crippen LogP contribution in [-0.4, -0.2) is 30.3 Å². The number of ether oxygens (including phenoxy) is 1. The lowest BCUT2D eigenvalue weighted by molar-refractivity contribution is 0.0697. The van der Waals surface area contributed by atoms with Crippen LogP contribution >= 0.6 is 0 Å². The predicted molar refractivity (Wildman–Crippen MR) is 79.8 cm³/mol. The minimum atomic E-state index is -0.889. The van der Waals surface area contributed by atoms with Gasteiger partial charge in [0.05, 0.1) is 17.9 Å². The van der Waals surface area contributed by atoms with E-state index in [1.807, 2.05) is 13.0 Å². The summed E-state index contributed by atoms with van der Waals surface area (Å²) in [5, 5.41) is 9.45. The molecule has 1 fully saturated rings. The van der Waals surface area contributed by atoms with Crippen LogP contribution in [0.15, 0.2) is 18.2 Å². The number of carboxylic acid groups (broad SMARTS) is 1. The molecule has 1 atom stereocenters. The first kappa shape index (κ1) is 14.7. The van der Waals surface area contributed by atoms with E-state index in [9.17, 15) is 9.90 Å². The van der Waals surface area contributed by atoms with Gasteiger partial charge >= 0.3 is 5.97 Å². The summed E-state index contributed by atoms with van der Waals surface area (Å²) in [5.41, 5.74) is 1.09. The number of anilines is 1. The predicted octanol–water partition coefficient (Wildman–Crippen LogP) is 3.55. The van der Waals surface area contributed by atoms with Crippen molar-refractivity contribution < 1.29 is 14.6 Å². The molecule has 4 heteroatoms. The second-order valence-corrected chi connectivity index (χ2v) is 5.34. The highest BCUT2D eigenvalue weighted by Crippen LogP contribution is 2.36. The molecule has 4 nitrogen and oxygen atoms in total. The Kier molecular flexibility index (Phi) is 4.88. The Hall–Kier alpha value is -1.71. The van der Waals surface area contributed by atoms with Gasteiger partial charge in [-0.3, -0.25) is 0 Å². The maximum atomic E-state index is 11.5. The van der Waals surface area contributed by atoms with Crippen LogP contribution in [0.3, 0.4) is 0 Å². The second kappa shape index (κ2) is 6.64. The number of aromatic carboxylic acids is 1. The normalized spacial score (nSPS) is 18.9. The first-order chi connectivity index (χ1) is 9.65. The highest BCUT2D eigenvalue weighted by Gasteiger charge is 2.26. The zero-order valence-corrected chi connectivity index (χ0v) is 12.3. The van der Waals surface area contributed by atoms with E-state index in [1.165, 1.54) is 6.42 Å². The zero-order chi connectivity index (χ0) is 14.5. The van der Waals surface area contributed by atoms with Crippen LogP contribution in [0, 0.1) is 0 Å². The molecule has 0 saturated carbocycles. The van der Waals surface area contributed by atoms with Crippen molar-refractivity contribution in [3.05, 3.63) is 23.8 Å². The third-order valence-electron chi connectivity index (χ3n) is 3.78. The number of nitrogens with zero attached hydrogens (tertiary/aromatic N) is 1. The van der Waals surface area contributed by atoms with Crippen LogP contribution in [0.5, 0.6) is 5.75 Å². The van der Waals surface area contributed by atoms with E-state index in [0.29, 0.717) is 24.0 Å². The summed E-state index contributed by atoms with van der Waals surface area (Å²) in [6.45, 7) is 5.71. The van der Waals surface area contributed by atoms with Crippen molar-refractivity contribution in [1.82, 2.24) is 0 Å². The molecule has 1 aliphatic rings. The molecule has 1 N–H and O–H groups in total. The van der Waals surface area contributed by atoms with E-state index in [-0.39, 0.29) is 0 Å². The monoisotopic (exact) mass is 277 g/mol. The van der Waals surface area contributed by atoms with Crippen molar-refractivity contribution in [3.8, 4) is 5.75 Å².